The molecule has 1 aliphatic heterocycles. The number of hydrogen-bond donors (Lipinski definition) is 1. The van der Waals surface area contributed by atoms with Crippen LogP contribution in [0, 0.1) is 12.8 Å². The van der Waals surface area contributed by atoms with Crippen LogP contribution in [0.4, 0.5) is 11.4 Å². The number of aromatic nitrogens is 1. The maximum atomic E-state index is 12.7. The summed E-state index contributed by atoms with van der Waals surface area (Å²) in [5.74, 6) is -0.251. The molecule has 0 bridgehead atoms. The van der Waals surface area contributed by atoms with Crippen LogP contribution < -0.4 is 15.0 Å². The number of anilines is 2. The molecule has 2 heterocycles. The number of rotatable bonds is 4. The van der Waals surface area contributed by atoms with Gasteiger partial charge in [0.1, 0.15) is 5.75 Å². The summed E-state index contributed by atoms with van der Waals surface area (Å²) < 4.78 is 6.34. The van der Waals surface area contributed by atoms with Gasteiger partial charge in [-0.15, -0.1) is 11.3 Å². The lowest BCUT2D eigenvalue weighted by molar-refractivity contribution is -0.122. The first-order chi connectivity index (χ1) is 13.4. The van der Waals surface area contributed by atoms with Gasteiger partial charge in [-0.2, -0.15) is 0 Å². The molecule has 1 fully saturated rings. The molecular weight excluding hydrogens is 398 g/mol. The van der Waals surface area contributed by atoms with Crippen molar-refractivity contribution in [2.45, 2.75) is 13.3 Å². The van der Waals surface area contributed by atoms with Crippen molar-refractivity contribution < 1.29 is 14.3 Å². The Morgan fingerprint density at radius 2 is 2.14 bits per heavy atom. The summed E-state index contributed by atoms with van der Waals surface area (Å²) in [5, 5.41) is 4.30. The van der Waals surface area contributed by atoms with Crippen molar-refractivity contribution in [3.63, 3.8) is 0 Å². The van der Waals surface area contributed by atoms with Crippen LogP contribution in [0.1, 0.15) is 11.4 Å². The molecule has 1 N–H and O–H groups in total. The van der Waals surface area contributed by atoms with Crippen LogP contribution in [-0.2, 0) is 9.59 Å². The van der Waals surface area contributed by atoms with Gasteiger partial charge in [0, 0.05) is 23.7 Å². The van der Waals surface area contributed by atoms with E-state index in [-0.39, 0.29) is 18.2 Å². The number of nitrogens with one attached hydrogen (secondary N) is 1. The molecule has 0 aliphatic carbocycles. The van der Waals surface area contributed by atoms with E-state index in [1.54, 1.807) is 34.4 Å². The minimum Gasteiger partial charge on any atom is -0.495 e. The Bertz CT molecular complexity index is 1080. The Kier molecular flexibility index (Phi) is 4.95. The smallest absolute Gasteiger partial charge is 0.229 e. The number of thiazole rings is 1. The highest BCUT2D eigenvalue weighted by Crippen LogP contribution is 2.32. The zero-order valence-electron chi connectivity index (χ0n) is 15.4. The molecule has 1 atom stereocenters. The Morgan fingerprint density at radius 3 is 2.93 bits per heavy atom. The molecule has 6 nitrogen and oxygen atoms in total. The Morgan fingerprint density at radius 1 is 1.32 bits per heavy atom. The molecule has 1 unspecified atom stereocenters. The second-order valence-electron chi connectivity index (χ2n) is 6.62. The minimum atomic E-state index is -0.455. The van der Waals surface area contributed by atoms with Gasteiger partial charge >= 0.3 is 0 Å². The molecule has 1 aliphatic rings. The number of hydrogen-bond acceptors (Lipinski definition) is 5. The number of nitrogens with zero attached hydrogens (tertiary/aromatic N) is 2. The molecule has 0 saturated carbocycles. The fourth-order valence-electron chi connectivity index (χ4n) is 3.34. The molecule has 1 saturated heterocycles. The van der Waals surface area contributed by atoms with E-state index in [2.05, 4.69) is 10.3 Å². The molecule has 1 aromatic heterocycles. The largest absolute Gasteiger partial charge is 0.495 e. The SMILES string of the molecule is COc1ccc(Cl)cc1NC(=O)C1CC(=O)N(c2ccc3sc(C)nc3c2)C1. The highest BCUT2D eigenvalue weighted by atomic mass is 35.5. The molecule has 28 heavy (non-hydrogen) atoms. The van der Waals surface area contributed by atoms with Crippen molar-refractivity contribution in [3.8, 4) is 5.75 Å². The monoisotopic (exact) mass is 415 g/mol. The van der Waals surface area contributed by atoms with Gasteiger partial charge in [-0.1, -0.05) is 11.6 Å². The van der Waals surface area contributed by atoms with E-state index in [0.717, 1.165) is 20.9 Å². The molecule has 0 spiro atoms. The first kappa shape index (κ1) is 18.7. The highest BCUT2D eigenvalue weighted by molar-refractivity contribution is 7.18. The van der Waals surface area contributed by atoms with Crippen LogP contribution >= 0.6 is 22.9 Å². The van der Waals surface area contributed by atoms with Crippen molar-refractivity contribution in [1.29, 1.82) is 0 Å². The third-order valence-electron chi connectivity index (χ3n) is 4.70. The Labute approximate surface area is 171 Å². The van der Waals surface area contributed by atoms with Gasteiger partial charge in [0.25, 0.3) is 0 Å². The van der Waals surface area contributed by atoms with Gasteiger partial charge in [0.05, 0.1) is 33.9 Å². The standard InChI is InChI=1S/C20H18ClN3O3S/c1-11-22-16-9-14(4-6-18(16)28-11)24-10-12(7-19(24)25)20(26)23-15-8-13(21)3-5-17(15)27-2/h3-6,8-9,12H,7,10H2,1-2H3,(H,23,26). The van der Waals surface area contributed by atoms with E-state index in [1.165, 1.54) is 7.11 Å². The second-order valence-corrected chi connectivity index (χ2v) is 8.30. The number of fused-ring (bicyclic) bond motifs is 1. The van der Waals surface area contributed by atoms with Crippen LogP contribution in [0.3, 0.4) is 0 Å². The zero-order chi connectivity index (χ0) is 19.8. The van der Waals surface area contributed by atoms with E-state index in [4.69, 9.17) is 16.3 Å². The quantitative estimate of drug-likeness (QED) is 0.691. The predicted molar refractivity (Wildman–Crippen MR) is 111 cm³/mol. The van der Waals surface area contributed by atoms with Gasteiger partial charge in [-0.3, -0.25) is 9.59 Å². The maximum Gasteiger partial charge on any atom is 0.229 e. The van der Waals surface area contributed by atoms with Crippen molar-refractivity contribution in [2.24, 2.45) is 5.92 Å². The number of benzene rings is 2. The number of amides is 2. The average molecular weight is 416 g/mol. The van der Waals surface area contributed by atoms with Crippen molar-refractivity contribution in [1.82, 2.24) is 4.98 Å². The van der Waals surface area contributed by atoms with Crippen LogP contribution in [0.2, 0.25) is 5.02 Å². The van der Waals surface area contributed by atoms with Gasteiger partial charge < -0.3 is 15.0 Å². The molecule has 0 radical (unpaired) electrons. The Hall–Kier alpha value is -2.64. The minimum absolute atomic E-state index is 0.0792. The van der Waals surface area contributed by atoms with E-state index in [0.29, 0.717) is 23.0 Å². The maximum absolute atomic E-state index is 12.7. The number of aryl methyl sites for hydroxylation is 1. The lowest BCUT2D eigenvalue weighted by atomic mass is 10.1. The molecule has 4 rings (SSSR count). The summed E-state index contributed by atoms with van der Waals surface area (Å²) >= 11 is 7.63. The first-order valence-corrected chi connectivity index (χ1v) is 9.96. The van der Waals surface area contributed by atoms with Crippen molar-refractivity contribution >= 4 is 56.3 Å². The zero-order valence-corrected chi connectivity index (χ0v) is 16.9. The van der Waals surface area contributed by atoms with Gasteiger partial charge in [-0.05, 0) is 43.3 Å². The molecule has 8 heteroatoms. The van der Waals surface area contributed by atoms with E-state index >= 15 is 0 Å². The van der Waals surface area contributed by atoms with Crippen LogP contribution in [0.5, 0.6) is 5.75 Å². The fourth-order valence-corrected chi connectivity index (χ4v) is 4.32. The normalized spacial score (nSPS) is 16.6. The topological polar surface area (TPSA) is 71.5 Å². The van der Waals surface area contributed by atoms with Gasteiger partial charge in [-0.25, -0.2) is 4.98 Å². The number of carbonyl (C=O) groups excluding carboxylic acids is 2. The van der Waals surface area contributed by atoms with Gasteiger partial charge in [0.2, 0.25) is 11.8 Å². The summed E-state index contributed by atoms with van der Waals surface area (Å²) in [5.41, 5.74) is 2.12. The molecule has 2 amide bonds. The van der Waals surface area contributed by atoms with Crippen molar-refractivity contribution in [2.75, 3.05) is 23.9 Å². The number of methoxy groups -OCH3 is 1. The summed E-state index contributed by atoms with van der Waals surface area (Å²) in [6, 6.07) is 10.8. The lowest BCUT2D eigenvalue weighted by Crippen LogP contribution is -2.28. The van der Waals surface area contributed by atoms with E-state index in [9.17, 15) is 9.59 Å². The average Bonchev–Trinajstić information content (AvgIpc) is 3.23. The van der Waals surface area contributed by atoms with Crippen molar-refractivity contribution in [3.05, 3.63) is 46.4 Å². The molecule has 144 valence electrons. The van der Waals surface area contributed by atoms with Crippen LogP contribution in [0.25, 0.3) is 10.2 Å². The molecular formula is C20H18ClN3O3S. The number of halogens is 1. The Balaban J connectivity index is 1.52. The number of carbonyl (C=O) groups is 2. The van der Waals surface area contributed by atoms with E-state index in [1.807, 2.05) is 25.1 Å². The van der Waals surface area contributed by atoms with Crippen LogP contribution in [0.15, 0.2) is 36.4 Å². The molecule has 3 aromatic rings. The summed E-state index contributed by atoms with van der Waals surface area (Å²) in [4.78, 5) is 31.4. The summed E-state index contributed by atoms with van der Waals surface area (Å²) in [6.45, 7) is 2.28. The first-order valence-electron chi connectivity index (χ1n) is 8.76. The van der Waals surface area contributed by atoms with E-state index < -0.39 is 5.92 Å². The summed E-state index contributed by atoms with van der Waals surface area (Å²) in [6.07, 6.45) is 0.156. The second kappa shape index (κ2) is 7.41. The third-order valence-corrected chi connectivity index (χ3v) is 5.89. The third kappa shape index (κ3) is 3.55. The fraction of sp³-hybridized carbons (Fsp3) is 0.250. The lowest BCUT2D eigenvalue weighted by Gasteiger charge is -2.17. The highest BCUT2D eigenvalue weighted by Gasteiger charge is 2.35. The number of ether oxygens (including phenoxy) is 1. The van der Waals surface area contributed by atoms with Crippen LogP contribution in [-0.4, -0.2) is 30.5 Å². The molecule has 2 aromatic carbocycles. The predicted octanol–water partition coefficient (Wildman–Crippen LogP) is 4.26. The van der Waals surface area contributed by atoms with Gasteiger partial charge in [0.15, 0.2) is 0 Å². The summed E-state index contributed by atoms with van der Waals surface area (Å²) in [7, 11) is 1.52.